The second-order valence-electron chi connectivity index (χ2n) is 7.26. The van der Waals surface area contributed by atoms with Crippen molar-refractivity contribution in [3.05, 3.63) is 53.6 Å². The van der Waals surface area contributed by atoms with E-state index in [1.807, 2.05) is 6.08 Å². The predicted molar refractivity (Wildman–Crippen MR) is 110 cm³/mol. The van der Waals surface area contributed by atoms with Gasteiger partial charge in [0.15, 0.2) is 0 Å². The molecule has 1 aliphatic carbocycles. The molecule has 0 aliphatic heterocycles. The quantitative estimate of drug-likeness (QED) is 0.332. The topological polar surface area (TPSA) is 90.2 Å². The van der Waals surface area contributed by atoms with E-state index in [0.717, 1.165) is 19.3 Å². The monoisotopic (exact) mass is 410 g/mol. The zero-order valence-corrected chi connectivity index (χ0v) is 16.8. The van der Waals surface area contributed by atoms with Crippen LogP contribution in [0.5, 0.6) is 5.75 Å². The molecule has 5 atom stereocenters. The first-order chi connectivity index (χ1) is 13.5. The van der Waals surface area contributed by atoms with Crippen molar-refractivity contribution < 1.29 is 25.2 Å². The zero-order chi connectivity index (χ0) is 20.4. The molecule has 1 saturated carbocycles. The van der Waals surface area contributed by atoms with Crippen LogP contribution >= 0.6 is 11.6 Å². The molecule has 0 aromatic heterocycles. The lowest BCUT2D eigenvalue weighted by atomic mass is 9.89. The zero-order valence-electron chi connectivity index (χ0n) is 16.0. The SMILES string of the molecule is OCCCC/C=C\C[C@@H]1[C@@H](/C=C/[C@@H](O)COc2cccc(Cl)c2)[C@H](O)C[C@@H]1O. The van der Waals surface area contributed by atoms with Crippen LogP contribution in [0.3, 0.4) is 0 Å². The van der Waals surface area contributed by atoms with Crippen LogP contribution in [-0.2, 0) is 0 Å². The second kappa shape index (κ2) is 12.2. The summed E-state index contributed by atoms with van der Waals surface area (Å²) in [4.78, 5) is 0. The van der Waals surface area contributed by atoms with Gasteiger partial charge in [-0.25, -0.2) is 0 Å². The number of ether oxygens (including phenoxy) is 1. The van der Waals surface area contributed by atoms with E-state index in [1.54, 1.807) is 36.4 Å². The minimum atomic E-state index is -0.821. The van der Waals surface area contributed by atoms with Crippen molar-refractivity contribution in [2.75, 3.05) is 13.2 Å². The molecule has 1 aromatic rings. The summed E-state index contributed by atoms with van der Waals surface area (Å²) < 4.78 is 5.52. The van der Waals surface area contributed by atoms with Gasteiger partial charge >= 0.3 is 0 Å². The highest BCUT2D eigenvalue weighted by atomic mass is 35.5. The van der Waals surface area contributed by atoms with E-state index < -0.39 is 18.3 Å². The summed E-state index contributed by atoms with van der Waals surface area (Å²) in [6.07, 6.45) is 9.11. The van der Waals surface area contributed by atoms with Gasteiger partial charge in [0.1, 0.15) is 18.5 Å². The lowest BCUT2D eigenvalue weighted by Crippen LogP contribution is -2.21. The summed E-state index contributed by atoms with van der Waals surface area (Å²) in [5, 5.41) is 40.0. The maximum Gasteiger partial charge on any atom is 0.120 e. The number of hydrogen-bond acceptors (Lipinski definition) is 5. The molecule has 1 aliphatic rings. The van der Waals surface area contributed by atoms with Gasteiger partial charge in [0, 0.05) is 24.0 Å². The van der Waals surface area contributed by atoms with Crippen molar-refractivity contribution in [2.45, 2.75) is 50.4 Å². The molecule has 0 heterocycles. The van der Waals surface area contributed by atoms with E-state index in [1.165, 1.54) is 0 Å². The van der Waals surface area contributed by atoms with Crippen molar-refractivity contribution in [1.82, 2.24) is 0 Å². The number of aliphatic hydroxyl groups is 4. The van der Waals surface area contributed by atoms with Gasteiger partial charge in [-0.1, -0.05) is 42.0 Å². The Balaban J connectivity index is 1.84. The van der Waals surface area contributed by atoms with Crippen molar-refractivity contribution >= 4 is 11.6 Å². The molecule has 0 spiro atoms. The fourth-order valence-electron chi connectivity index (χ4n) is 3.50. The van der Waals surface area contributed by atoms with E-state index in [4.69, 9.17) is 21.4 Å². The lowest BCUT2D eigenvalue weighted by Gasteiger charge is -2.19. The average molecular weight is 411 g/mol. The lowest BCUT2D eigenvalue weighted by molar-refractivity contribution is 0.120. The number of unbranched alkanes of at least 4 members (excludes halogenated alkanes) is 2. The second-order valence-corrected chi connectivity index (χ2v) is 7.70. The minimum Gasteiger partial charge on any atom is -0.491 e. The Morgan fingerprint density at radius 3 is 2.75 bits per heavy atom. The standard InChI is InChI=1S/C22H31ClO5/c23-16-7-6-8-18(13-16)28-15-17(25)10-11-20-19(21(26)14-22(20)27)9-4-2-1-3-5-12-24/h2,4,6-8,10-11,13,17,19-22,24-27H,1,3,5,9,12,14-15H2/b4-2-,11-10+/t17-,19-,20-,21+,22-/m1/s1. The van der Waals surface area contributed by atoms with Gasteiger partial charge in [0.05, 0.1) is 12.2 Å². The highest BCUT2D eigenvalue weighted by Crippen LogP contribution is 2.36. The predicted octanol–water partition coefficient (Wildman–Crippen LogP) is 3.10. The smallest absolute Gasteiger partial charge is 0.120 e. The van der Waals surface area contributed by atoms with Crippen LogP contribution in [0.25, 0.3) is 0 Å². The fraction of sp³-hybridized carbons (Fsp3) is 0.545. The Kier molecular flexibility index (Phi) is 10.0. The van der Waals surface area contributed by atoms with Crippen molar-refractivity contribution in [3.8, 4) is 5.75 Å². The Morgan fingerprint density at radius 1 is 1.18 bits per heavy atom. The van der Waals surface area contributed by atoms with E-state index in [-0.39, 0.29) is 25.0 Å². The highest BCUT2D eigenvalue weighted by Gasteiger charge is 2.39. The molecule has 2 rings (SSSR count). The Bertz CT molecular complexity index is 633. The van der Waals surface area contributed by atoms with Crippen LogP contribution in [0.1, 0.15) is 32.1 Å². The molecular formula is C22H31ClO5. The first-order valence-corrected chi connectivity index (χ1v) is 10.3. The summed E-state index contributed by atoms with van der Waals surface area (Å²) >= 11 is 5.91. The van der Waals surface area contributed by atoms with Crippen molar-refractivity contribution in [1.29, 1.82) is 0 Å². The van der Waals surface area contributed by atoms with Gasteiger partial charge in [-0.2, -0.15) is 0 Å². The molecule has 4 N–H and O–H groups in total. The van der Waals surface area contributed by atoms with Gasteiger partial charge in [0.25, 0.3) is 0 Å². The third kappa shape index (κ3) is 7.57. The summed E-state index contributed by atoms with van der Waals surface area (Å²) in [7, 11) is 0. The molecule has 0 radical (unpaired) electrons. The number of aliphatic hydroxyl groups excluding tert-OH is 4. The maximum atomic E-state index is 10.3. The minimum absolute atomic E-state index is 0.0810. The maximum absolute atomic E-state index is 10.3. The number of halogens is 1. The molecule has 28 heavy (non-hydrogen) atoms. The molecular weight excluding hydrogens is 380 g/mol. The normalized spacial score (nSPS) is 26.3. The summed E-state index contributed by atoms with van der Waals surface area (Å²) in [6.45, 7) is 0.287. The number of rotatable bonds is 11. The summed E-state index contributed by atoms with van der Waals surface area (Å²) in [6, 6.07) is 6.97. The van der Waals surface area contributed by atoms with Gasteiger partial charge in [-0.3, -0.25) is 0 Å². The molecule has 5 nitrogen and oxygen atoms in total. The first-order valence-electron chi connectivity index (χ1n) is 9.88. The van der Waals surface area contributed by atoms with E-state index in [2.05, 4.69) is 6.08 Å². The molecule has 156 valence electrons. The van der Waals surface area contributed by atoms with E-state index >= 15 is 0 Å². The first kappa shape index (κ1) is 22.9. The molecule has 6 heteroatoms. The number of hydrogen-bond donors (Lipinski definition) is 4. The third-order valence-electron chi connectivity index (χ3n) is 5.04. The van der Waals surface area contributed by atoms with Crippen LogP contribution in [-0.4, -0.2) is 52.0 Å². The van der Waals surface area contributed by atoms with E-state index in [0.29, 0.717) is 23.6 Å². The largest absolute Gasteiger partial charge is 0.491 e. The summed E-state index contributed by atoms with van der Waals surface area (Å²) in [5.41, 5.74) is 0. The Morgan fingerprint density at radius 2 is 2.00 bits per heavy atom. The van der Waals surface area contributed by atoms with Gasteiger partial charge in [-0.15, -0.1) is 0 Å². The van der Waals surface area contributed by atoms with Crippen LogP contribution in [0.2, 0.25) is 5.02 Å². The Hall–Kier alpha value is -1.37. The summed E-state index contributed by atoms with van der Waals surface area (Å²) in [5.74, 6) is 0.291. The van der Waals surface area contributed by atoms with E-state index in [9.17, 15) is 15.3 Å². The number of allylic oxidation sites excluding steroid dienone is 2. The van der Waals surface area contributed by atoms with Crippen LogP contribution < -0.4 is 4.74 Å². The van der Waals surface area contributed by atoms with Crippen LogP contribution in [0, 0.1) is 11.8 Å². The molecule has 0 amide bonds. The van der Waals surface area contributed by atoms with Gasteiger partial charge < -0.3 is 25.2 Å². The van der Waals surface area contributed by atoms with Gasteiger partial charge in [0.2, 0.25) is 0 Å². The Labute approximate surface area is 171 Å². The molecule has 1 fully saturated rings. The van der Waals surface area contributed by atoms with Crippen molar-refractivity contribution in [2.24, 2.45) is 11.8 Å². The molecule has 1 aromatic carbocycles. The number of benzene rings is 1. The van der Waals surface area contributed by atoms with Crippen LogP contribution in [0.15, 0.2) is 48.6 Å². The molecule has 0 unspecified atom stereocenters. The molecule has 0 bridgehead atoms. The van der Waals surface area contributed by atoms with Gasteiger partial charge in [-0.05, 0) is 49.8 Å². The highest BCUT2D eigenvalue weighted by molar-refractivity contribution is 6.30. The third-order valence-corrected chi connectivity index (χ3v) is 5.28. The van der Waals surface area contributed by atoms with Crippen LogP contribution in [0.4, 0.5) is 0 Å². The molecule has 0 saturated heterocycles. The van der Waals surface area contributed by atoms with Crippen molar-refractivity contribution in [3.63, 3.8) is 0 Å². The average Bonchev–Trinajstić information content (AvgIpc) is 2.94. The fourth-order valence-corrected chi connectivity index (χ4v) is 3.68.